The minimum atomic E-state index is -0.604. The molecule has 0 aliphatic carbocycles. The summed E-state index contributed by atoms with van der Waals surface area (Å²) in [7, 11) is 0. The Balaban J connectivity index is 1.62. The maximum Gasteiger partial charge on any atom is 0.282 e. The van der Waals surface area contributed by atoms with E-state index >= 15 is 0 Å². The molecule has 1 aliphatic rings. The lowest BCUT2D eigenvalue weighted by Gasteiger charge is -2.20. The molecule has 0 saturated carbocycles. The molecule has 3 heterocycles. The first kappa shape index (κ1) is 21.1. The second kappa shape index (κ2) is 8.64. The van der Waals surface area contributed by atoms with Crippen molar-refractivity contribution in [2.45, 2.75) is 6.54 Å². The van der Waals surface area contributed by atoms with Crippen LogP contribution in [0.4, 0.5) is 10.8 Å². The highest BCUT2D eigenvalue weighted by Gasteiger charge is 2.29. The van der Waals surface area contributed by atoms with E-state index in [-0.39, 0.29) is 22.8 Å². The van der Waals surface area contributed by atoms with E-state index in [0.29, 0.717) is 35.4 Å². The number of carbonyl (C=O) groups excluding carboxylic acids is 1. The van der Waals surface area contributed by atoms with Crippen molar-refractivity contribution in [2.75, 3.05) is 18.1 Å². The number of anilines is 1. The van der Waals surface area contributed by atoms with Crippen molar-refractivity contribution in [3.05, 3.63) is 81.1 Å². The third-order valence-corrected chi connectivity index (χ3v) is 6.24. The SMILES string of the molecule is O=C(c1cc(Cl)ccc1[N+](=O)[O-])N(Cc1cccnc1)c1nc2cc3c(cc2s1)OCCO3. The minimum Gasteiger partial charge on any atom is -0.486 e. The zero-order valence-electron chi connectivity index (χ0n) is 16.9. The molecule has 1 amide bonds. The van der Waals surface area contributed by atoms with Crippen molar-refractivity contribution in [3.63, 3.8) is 0 Å². The first-order valence-corrected chi connectivity index (χ1v) is 11.0. The molecule has 0 radical (unpaired) electrons. The van der Waals surface area contributed by atoms with Crippen molar-refractivity contribution in [2.24, 2.45) is 0 Å². The van der Waals surface area contributed by atoms with Crippen LogP contribution in [0.1, 0.15) is 15.9 Å². The molecule has 33 heavy (non-hydrogen) atoms. The molecule has 9 nitrogen and oxygen atoms in total. The molecule has 0 bridgehead atoms. The quantitative estimate of drug-likeness (QED) is 0.295. The van der Waals surface area contributed by atoms with Gasteiger partial charge in [0.2, 0.25) is 0 Å². The van der Waals surface area contributed by atoms with Gasteiger partial charge in [-0.2, -0.15) is 0 Å². The largest absolute Gasteiger partial charge is 0.486 e. The molecular formula is C22H15ClN4O5S. The van der Waals surface area contributed by atoms with Gasteiger partial charge >= 0.3 is 0 Å². The first-order chi connectivity index (χ1) is 16.0. The summed E-state index contributed by atoms with van der Waals surface area (Å²) < 4.78 is 12.1. The second-order valence-electron chi connectivity index (χ2n) is 7.13. The fraction of sp³-hybridized carbons (Fsp3) is 0.136. The van der Waals surface area contributed by atoms with Crippen molar-refractivity contribution >= 4 is 49.9 Å². The lowest BCUT2D eigenvalue weighted by atomic mass is 10.1. The van der Waals surface area contributed by atoms with Gasteiger partial charge in [-0.25, -0.2) is 4.98 Å². The summed E-state index contributed by atoms with van der Waals surface area (Å²) in [5.74, 6) is 0.602. The molecule has 0 spiro atoms. The highest BCUT2D eigenvalue weighted by atomic mass is 35.5. The van der Waals surface area contributed by atoms with Crippen molar-refractivity contribution < 1.29 is 19.2 Å². The predicted molar refractivity (Wildman–Crippen MR) is 123 cm³/mol. The van der Waals surface area contributed by atoms with E-state index in [1.165, 1.54) is 34.4 Å². The number of nitro benzene ring substituents is 1. The molecule has 0 N–H and O–H groups in total. The lowest BCUT2D eigenvalue weighted by molar-refractivity contribution is -0.385. The third-order valence-electron chi connectivity index (χ3n) is 4.97. The van der Waals surface area contributed by atoms with E-state index in [1.807, 2.05) is 12.1 Å². The fourth-order valence-electron chi connectivity index (χ4n) is 3.45. The van der Waals surface area contributed by atoms with Crippen LogP contribution in [0.3, 0.4) is 0 Å². The molecule has 166 valence electrons. The van der Waals surface area contributed by atoms with Crippen LogP contribution in [-0.2, 0) is 6.54 Å². The molecule has 11 heteroatoms. The van der Waals surface area contributed by atoms with E-state index in [0.717, 1.165) is 10.3 Å². The molecule has 4 aromatic rings. The monoisotopic (exact) mass is 482 g/mol. The Morgan fingerprint density at radius 2 is 1.97 bits per heavy atom. The Morgan fingerprint density at radius 1 is 1.18 bits per heavy atom. The number of hydrogen-bond acceptors (Lipinski definition) is 8. The van der Waals surface area contributed by atoms with Gasteiger partial charge in [0.1, 0.15) is 18.8 Å². The van der Waals surface area contributed by atoms with E-state index in [9.17, 15) is 14.9 Å². The molecular weight excluding hydrogens is 468 g/mol. The Hall–Kier alpha value is -3.76. The Labute approximate surface area is 196 Å². The number of thiazole rings is 1. The van der Waals surface area contributed by atoms with Crippen LogP contribution in [0.2, 0.25) is 5.02 Å². The Morgan fingerprint density at radius 3 is 2.70 bits per heavy atom. The molecule has 0 saturated heterocycles. The van der Waals surface area contributed by atoms with Crippen LogP contribution in [0.25, 0.3) is 10.2 Å². The van der Waals surface area contributed by atoms with Gasteiger partial charge in [0.05, 0.1) is 21.7 Å². The maximum atomic E-state index is 13.6. The number of halogens is 1. The van der Waals surface area contributed by atoms with Crippen molar-refractivity contribution in [3.8, 4) is 11.5 Å². The van der Waals surface area contributed by atoms with Gasteiger partial charge in [-0.3, -0.25) is 24.8 Å². The topological polar surface area (TPSA) is 108 Å². The molecule has 5 rings (SSSR count). The number of aromatic nitrogens is 2. The standard InChI is InChI=1S/C22H15ClN4O5S/c23-14-3-4-17(27(29)30)15(8-14)21(28)26(12-13-2-1-5-24-11-13)22-25-16-9-18-19(10-20(16)33-22)32-7-6-31-18/h1-5,8-11H,6-7,12H2. The number of pyridine rings is 1. The van der Waals surface area contributed by atoms with Gasteiger partial charge < -0.3 is 9.47 Å². The van der Waals surface area contributed by atoms with Gasteiger partial charge in [0.15, 0.2) is 16.6 Å². The van der Waals surface area contributed by atoms with Crippen LogP contribution in [-0.4, -0.2) is 34.0 Å². The molecule has 0 atom stereocenters. The summed E-state index contributed by atoms with van der Waals surface area (Å²) in [6, 6.07) is 11.0. The van der Waals surface area contributed by atoms with Crippen LogP contribution in [0.5, 0.6) is 11.5 Å². The van der Waals surface area contributed by atoms with E-state index in [2.05, 4.69) is 9.97 Å². The van der Waals surface area contributed by atoms with Crippen molar-refractivity contribution in [1.82, 2.24) is 9.97 Å². The number of fused-ring (bicyclic) bond motifs is 2. The summed E-state index contributed by atoms with van der Waals surface area (Å²) in [6.45, 7) is 1.01. The molecule has 1 aliphatic heterocycles. The number of ether oxygens (including phenoxy) is 2. The fourth-order valence-corrected chi connectivity index (χ4v) is 4.60. The lowest BCUT2D eigenvalue weighted by Crippen LogP contribution is -2.31. The molecule has 2 aromatic heterocycles. The highest BCUT2D eigenvalue weighted by molar-refractivity contribution is 7.22. The van der Waals surface area contributed by atoms with Gasteiger partial charge in [0.25, 0.3) is 11.6 Å². The first-order valence-electron chi connectivity index (χ1n) is 9.84. The maximum absolute atomic E-state index is 13.6. The Bertz CT molecular complexity index is 1340. The number of carbonyl (C=O) groups is 1. The number of rotatable bonds is 5. The minimum absolute atomic E-state index is 0.114. The average molecular weight is 483 g/mol. The summed E-state index contributed by atoms with van der Waals surface area (Å²) in [4.78, 5) is 34.7. The summed E-state index contributed by atoms with van der Waals surface area (Å²) in [6.07, 6.45) is 3.25. The second-order valence-corrected chi connectivity index (χ2v) is 8.58. The number of nitro groups is 1. The van der Waals surface area contributed by atoms with E-state index < -0.39 is 10.8 Å². The zero-order chi connectivity index (χ0) is 22.9. The van der Waals surface area contributed by atoms with Crippen LogP contribution < -0.4 is 14.4 Å². The number of benzene rings is 2. The van der Waals surface area contributed by atoms with Gasteiger partial charge in [-0.05, 0) is 23.8 Å². The molecule has 0 fully saturated rings. The highest BCUT2D eigenvalue weighted by Crippen LogP contribution is 2.39. The molecule has 0 unspecified atom stereocenters. The number of nitrogens with zero attached hydrogens (tertiary/aromatic N) is 4. The van der Waals surface area contributed by atoms with E-state index in [4.69, 9.17) is 21.1 Å². The van der Waals surface area contributed by atoms with Crippen LogP contribution in [0, 0.1) is 10.1 Å². The summed E-state index contributed by atoms with van der Waals surface area (Å²) in [5.41, 5.74) is 0.908. The molecule has 2 aromatic carbocycles. The predicted octanol–water partition coefficient (Wildman–Crippen LogP) is 4.87. The summed E-state index contributed by atoms with van der Waals surface area (Å²) >= 11 is 7.34. The smallest absolute Gasteiger partial charge is 0.282 e. The van der Waals surface area contributed by atoms with Crippen LogP contribution in [0.15, 0.2) is 54.9 Å². The van der Waals surface area contributed by atoms with Crippen molar-refractivity contribution in [1.29, 1.82) is 0 Å². The summed E-state index contributed by atoms with van der Waals surface area (Å²) in [5, 5.41) is 12.2. The number of amides is 1. The van der Waals surface area contributed by atoms with Gasteiger partial charge in [-0.15, -0.1) is 0 Å². The van der Waals surface area contributed by atoms with E-state index in [1.54, 1.807) is 24.5 Å². The van der Waals surface area contributed by atoms with Crippen LogP contribution >= 0.6 is 22.9 Å². The van der Waals surface area contributed by atoms with Gasteiger partial charge in [0, 0.05) is 35.6 Å². The average Bonchev–Trinajstić information content (AvgIpc) is 3.23. The zero-order valence-corrected chi connectivity index (χ0v) is 18.5. The Kier molecular flexibility index (Phi) is 5.53. The van der Waals surface area contributed by atoms with Gasteiger partial charge in [-0.1, -0.05) is 29.0 Å². The third kappa shape index (κ3) is 4.18. The normalized spacial score (nSPS) is 12.5. The number of hydrogen-bond donors (Lipinski definition) is 0.